The van der Waals surface area contributed by atoms with Gasteiger partial charge in [0.1, 0.15) is 0 Å². The van der Waals surface area contributed by atoms with Gasteiger partial charge in [0.2, 0.25) is 0 Å². The van der Waals surface area contributed by atoms with Crippen LogP contribution in [0.1, 0.15) is 31.2 Å². The standard InChI is InChI=1S/C20H28N4O/c1-23(2)20(17-6-4-3-5-7-17)10-8-19(9-11-20)15-24(18(25)22-19)14-16-12-21-13-16/h3-7,12,21H,8-11,13-15H2,1-2H3,(H,22,25). The monoisotopic (exact) mass is 340 g/mol. The second-order valence-electron chi connectivity index (χ2n) is 8.04. The van der Waals surface area contributed by atoms with Crippen molar-refractivity contribution < 1.29 is 4.79 Å². The normalized spacial score (nSPS) is 31.6. The number of carbonyl (C=O) groups excluding carboxylic acids is 1. The molecule has 0 bridgehead atoms. The number of hydrogen-bond acceptors (Lipinski definition) is 3. The van der Waals surface area contributed by atoms with Crippen molar-refractivity contribution in [1.29, 1.82) is 0 Å². The number of amides is 2. The molecule has 0 radical (unpaired) electrons. The lowest BCUT2D eigenvalue weighted by Gasteiger charge is -2.48. The van der Waals surface area contributed by atoms with Gasteiger partial charge in [-0.1, -0.05) is 30.3 Å². The van der Waals surface area contributed by atoms with E-state index in [9.17, 15) is 4.79 Å². The first-order valence-corrected chi connectivity index (χ1v) is 9.24. The Morgan fingerprint density at radius 3 is 2.36 bits per heavy atom. The predicted octanol–water partition coefficient (Wildman–Crippen LogP) is 2.27. The third-order valence-corrected chi connectivity index (χ3v) is 6.38. The maximum atomic E-state index is 12.4. The minimum absolute atomic E-state index is 0.0525. The predicted molar refractivity (Wildman–Crippen MR) is 99.2 cm³/mol. The van der Waals surface area contributed by atoms with Crippen molar-refractivity contribution in [3.05, 3.63) is 47.7 Å². The molecule has 0 unspecified atom stereocenters. The Morgan fingerprint density at radius 1 is 1.12 bits per heavy atom. The molecule has 5 heteroatoms. The molecule has 2 amide bonds. The quantitative estimate of drug-likeness (QED) is 0.884. The minimum Gasteiger partial charge on any atom is -0.387 e. The fourth-order valence-corrected chi connectivity index (χ4v) is 4.67. The van der Waals surface area contributed by atoms with Crippen LogP contribution in [-0.2, 0) is 5.54 Å². The van der Waals surface area contributed by atoms with Gasteiger partial charge in [-0.3, -0.25) is 4.90 Å². The Kier molecular flexibility index (Phi) is 3.99. The molecule has 0 aromatic heterocycles. The summed E-state index contributed by atoms with van der Waals surface area (Å²) < 4.78 is 0. The molecule has 0 atom stereocenters. The van der Waals surface area contributed by atoms with Gasteiger partial charge in [-0.05, 0) is 57.1 Å². The van der Waals surface area contributed by atoms with E-state index in [1.807, 2.05) is 11.1 Å². The van der Waals surface area contributed by atoms with Gasteiger partial charge in [0, 0.05) is 25.2 Å². The molecule has 2 aliphatic heterocycles. The molecule has 5 nitrogen and oxygen atoms in total. The van der Waals surface area contributed by atoms with Crippen LogP contribution in [0.15, 0.2) is 42.1 Å². The molecule has 2 heterocycles. The average Bonchev–Trinajstić information content (AvgIpc) is 2.88. The minimum atomic E-state index is -0.0525. The lowest BCUT2D eigenvalue weighted by molar-refractivity contribution is 0.0622. The zero-order chi connectivity index (χ0) is 17.5. The Hall–Kier alpha value is -2.01. The van der Waals surface area contributed by atoms with Crippen LogP contribution in [0.5, 0.6) is 0 Å². The summed E-state index contributed by atoms with van der Waals surface area (Å²) >= 11 is 0. The summed E-state index contributed by atoms with van der Waals surface area (Å²) in [5.74, 6) is 0. The number of urea groups is 1. The lowest BCUT2D eigenvalue weighted by atomic mass is 9.69. The molecule has 1 aromatic carbocycles. The second kappa shape index (κ2) is 6.06. The summed E-state index contributed by atoms with van der Waals surface area (Å²) in [7, 11) is 4.36. The fourth-order valence-electron chi connectivity index (χ4n) is 4.67. The van der Waals surface area contributed by atoms with E-state index in [1.54, 1.807) is 0 Å². The molecule has 1 saturated carbocycles. The van der Waals surface area contributed by atoms with E-state index >= 15 is 0 Å². The van der Waals surface area contributed by atoms with E-state index in [1.165, 1.54) is 11.1 Å². The van der Waals surface area contributed by atoms with Crippen LogP contribution in [0.2, 0.25) is 0 Å². The van der Waals surface area contributed by atoms with Gasteiger partial charge < -0.3 is 15.5 Å². The van der Waals surface area contributed by atoms with Crippen molar-refractivity contribution in [2.24, 2.45) is 0 Å². The molecule has 1 spiro atoms. The van der Waals surface area contributed by atoms with Gasteiger partial charge in [-0.15, -0.1) is 0 Å². The molecule has 2 N–H and O–H groups in total. The zero-order valence-corrected chi connectivity index (χ0v) is 15.2. The van der Waals surface area contributed by atoms with Gasteiger partial charge in [-0.25, -0.2) is 4.79 Å². The molecular weight excluding hydrogens is 312 g/mol. The van der Waals surface area contributed by atoms with E-state index in [-0.39, 0.29) is 17.1 Å². The zero-order valence-electron chi connectivity index (χ0n) is 15.2. The molecule has 25 heavy (non-hydrogen) atoms. The van der Waals surface area contributed by atoms with Crippen LogP contribution in [-0.4, -0.2) is 55.1 Å². The van der Waals surface area contributed by atoms with E-state index in [0.717, 1.165) is 45.3 Å². The molecular formula is C20H28N4O. The smallest absolute Gasteiger partial charge is 0.318 e. The van der Waals surface area contributed by atoms with E-state index < -0.39 is 0 Å². The van der Waals surface area contributed by atoms with Gasteiger partial charge >= 0.3 is 6.03 Å². The van der Waals surface area contributed by atoms with Crippen molar-refractivity contribution in [3.8, 4) is 0 Å². The maximum Gasteiger partial charge on any atom is 0.318 e. The number of rotatable bonds is 4. The molecule has 134 valence electrons. The van der Waals surface area contributed by atoms with Crippen molar-refractivity contribution in [2.45, 2.75) is 36.8 Å². The molecule has 3 aliphatic rings. The number of carbonyl (C=O) groups is 1. The molecule has 2 fully saturated rings. The average molecular weight is 340 g/mol. The van der Waals surface area contributed by atoms with Crippen molar-refractivity contribution in [1.82, 2.24) is 20.4 Å². The highest BCUT2D eigenvalue weighted by molar-refractivity contribution is 5.78. The third-order valence-electron chi connectivity index (χ3n) is 6.38. The topological polar surface area (TPSA) is 47.6 Å². The first kappa shape index (κ1) is 16.5. The Bertz CT molecular complexity index is 674. The van der Waals surface area contributed by atoms with Crippen LogP contribution in [0.4, 0.5) is 4.79 Å². The van der Waals surface area contributed by atoms with Crippen molar-refractivity contribution >= 4 is 6.03 Å². The SMILES string of the molecule is CN(C)C1(c2ccccc2)CCC2(CC1)CN(CC1=CNC1)C(=O)N2. The molecule has 1 saturated heterocycles. The van der Waals surface area contributed by atoms with Gasteiger partial charge in [0.15, 0.2) is 0 Å². The summed E-state index contributed by atoms with van der Waals surface area (Å²) in [5, 5.41) is 6.46. The Morgan fingerprint density at radius 2 is 1.80 bits per heavy atom. The summed E-state index contributed by atoms with van der Waals surface area (Å²) in [6, 6.07) is 10.9. The number of nitrogens with zero attached hydrogens (tertiary/aromatic N) is 2. The highest BCUT2D eigenvalue weighted by Gasteiger charge is 2.50. The van der Waals surface area contributed by atoms with Crippen LogP contribution < -0.4 is 10.6 Å². The molecule has 4 rings (SSSR count). The Balaban J connectivity index is 1.49. The summed E-state index contributed by atoms with van der Waals surface area (Å²) in [6.45, 7) is 2.51. The van der Waals surface area contributed by atoms with Gasteiger partial charge in [-0.2, -0.15) is 0 Å². The van der Waals surface area contributed by atoms with E-state index in [0.29, 0.717) is 0 Å². The van der Waals surface area contributed by atoms with Crippen LogP contribution in [0, 0.1) is 0 Å². The highest BCUT2D eigenvalue weighted by Crippen LogP contribution is 2.45. The number of hydrogen-bond donors (Lipinski definition) is 2. The van der Waals surface area contributed by atoms with E-state index in [4.69, 9.17) is 0 Å². The highest BCUT2D eigenvalue weighted by atomic mass is 16.2. The fraction of sp³-hybridized carbons (Fsp3) is 0.550. The third kappa shape index (κ3) is 2.80. The second-order valence-corrected chi connectivity index (χ2v) is 8.04. The van der Waals surface area contributed by atoms with Crippen LogP contribution >= 0.6 is 0 Å². The maximum absolute atomic E-state index is 12.4. The number of benzene rings is 1. The molecule has 1 aliphatic carbocycles. The van der Waals surface area contributed by atoms with Gasteiger partial charge in [0.25, 0.3) is 0 Å². The van der Waals surface area contributed by atoms with Crippen molar-refractivity contribution in [3.63, 3.8) is 0 Å². The first-order chi connectivity index (χ1) is 12.0. The largest absolute Gasteiger partial charge is 0.387 e. The van der Waals surface area contributed by atoms with E-state index in [2.05, 4.69) is 60.0 Å². The summed E-state index contributed by atoms with van der Waals surface area (Å²) in [6.07, 6.45) is 6.22. The van der Waals surface area contributed by atoms with Crippen molar-refractivity contribution in [2.75, 3.05) is 33.7 Å². The lowest BCUT2D eigenvalue weighted by Crippen LogP contribution is -2.54. The van der Waals surface area contributed by atoms with Crippen LogP contribution in [0.25, 0.3) is 0 Å². The number of nitrogens with one attached hydrogen (secondary N) is 2. The summed E-state index contributed by atoms with van der Waals surface area (Å²) in [5.41, 5.74) is 2.73. The summed E-state index contributed by atoms with van der Waals surface area (Å²) in [4.78, 5) is 16.8. The van der Waals surface area contributed by atoms with Gasteiger partial charge in [0.05, 0.1) is 5.54 Å². The molecule has 1 aromatic rings. The first-order valence-electron chi connectivity index (χ1n) is 9.24. The van der Waals surface area contributed by atoms with Crippen LogP contribution in [0.3, 0.4) is 0 Å². The Labute approximate surface area is 150 Å².